The van der Waals surface area contributed by atoms with Crippen LogP contribution in [0.25, 0.3) is 11.3 Å². The van der Waals surface area contributed by atoms with Crippen LogP contribution in [0.4, 0.5) is 11.5 Å². The number of benzene rings is 2. The number of nitrogens with zero attached hydrogens (tertiary/aromatic N) is 2. The van der Waals surface area contributed by atoms with Crippen LogP contribution in [0.15, 0.2) is 48.5 Å². The van der Waals surface area contributed by atoms with E-state index in [-0.39, 0.29) is 17.9 Å². The van der Waals surface area contributed by atoms with Crippen LogP contribution in [-0.4, -0.2) is 34.7 Å². The first-order chi connectivity index (χ1) is 14.9. The van der Waals surface area contributed by atoms with E-state index in [2.05, 4.69) is 15.7 Å². The fourth-order valence-corrected chi connectivity index (χ4v) is 3.62. The van der Waals surface area contributed by atoms with Gasteiger partial charge in [0.1, 0.15) is 11.9 Å². The van der Waals surface area contributed by atoms with Gasteiger partial charge in [-0.15, -0.1) is 0 Å². The summed E-state index contributed by atoms with van der Waals surface area (Å²) in [5, 5.41) is 10.2. The number of hydrogen-bond donors (Lipinski definition) is 2. The third-order valence-corrected chi connectivity index (χ3v) is 5.30. The molecule has 1 aliphatic heterocycles. The van der Waals surface area contributed by atoms with Crippen LogP contribution < -0.4 is 10.6 Å². The SMILES string of the molecule is COC(=O)c1ccccc1NC(=O)[C@@H]1CC(=O)Nc2c(C)c(-c3ccc(C)cc3)nn21. The lowest BCUT2D eigenvalue weighted by atomic mass is 10.1. The number of rotatable bonds is 4. The Morgan fingerprint density at radius 3 is 2.55 bits per heavy atom. The Balaban J connectivity index is 1.69. The van der Waals surface area contributed by atoms with Crippen molar-refractivity contribution in [2.24, 2.45) is 0 Å². The molecule has 3 aromatic rings. The van der Waals surface area contributed by atoms with E-state index in [4.69, 9.17) is 4.74 Å². The number of hydrogen-bond acceptors (Lipinski definition) is 5. The number of esters is 1. The zero-order valence-electron chi connectivity index (χ0n) is 17.4. The van der Waals surface area contributed by atoms with Gasteiger partial charge in [0.2, 0.25) is 11.8 Å². The number of amides is 2. The van der Waals surface area contributed by atoms with E-state index >= 15 is 0 Å². The van der Waals surface area contributed by atoms with Gasteiger partial charge in [-0.25, -0.2) is 9.48 Å². The number of carbonyl (C=O) groups is 3. The van der Waals surface area contributed by atoms with Gasteiger partial charge in [0.15, 0.2) is 0 Å². The maximum atomic E-state index is 13.1. The summed E-state index contributed by atoms with van der Waals surface area (Å²) in [7, 11) is 1.28. The highest BCUT2D eigenvalue weighted by Crippen LogP contribution is 2.34. The molecule has 0 aliphatic carbocycles. The summed E-state index contributed by atoms with van der Waals surface area (Å²) in [6.45, 7) is 3.86. The number of carbonyl (C=O) groups excluding carboxylic acids is 3. The number of nitrogens with one attached hydrogen (secondary N) is 2. The molecule has 0 spiro atoms. The molecule has 158 valence electrons. The maximum absolute atomic E-state index is 13.1. The molecule has 8 nitrogen and oxygen atoms in total. The summed E-state index contributed by atoms with van der Waals surface area (Å²) >= 11 is 0. The second-order valence-electron chi connectivity index (χ2n) is 7.43. The average molecular weight is 418 g/mol. The highest BCUT2D eigenvalue weighted by atomic mass is 16.5. The molecule has 0 saturated heterocycles. The molecule has 0 bridgehead atoms. The van der Waals surface area contributed by atoms with Gasteiger partial charge in [-0.2, -0.15) is 5.10 Å². The van der Waals surface area contributed by atoms with Crippen molar-refractivity contribution in [2.45, 2.75) is 26.3 Å². The topological polar surface area (TPSA) is 102 Å². The normalized spacial score (nSPS) is 15.1. The van der Waals surface area contributed by atoms with Crippen molar-refractivity contribution in [1.29, 1.82) is 0 Å². The minimum Gasteiger partial charge on any atom is -0.465 e. The molecule has 0 saturated carbocycles. The molecule has 31 heavy (non-hydrogen) atoms. The number of aromatic nitrogens is 2. The lowest BCUT2D eigenvalue weighted by Crippen LogP contribution is -2.36. The van der Waals surface area contributed by atoms with Crippen molar-refractivity contribution in [3.05, 3.63) is 65.2 Å². The predicted octanol–water partition coefficient (Wildman–Crippen LogP) is 3.48. The molecule has 0 fully saturated rings. The Labute approximate surface area is 179 Å². The van der Waals surface area contributed by atoms with Crippen LogP contribution >= 0.6 is 0 Å². The quantitative estimate of drug-likeness (QED) is 0.632. The van der Waals surface area contributed by atoms with E-state index in [1.54, 1.807) is 28.9 Å². The third-order valence-electron chi connectivity index (χ3n) is 5.30. The first-order valence-electron chi connectivity index (χ1n) is 9.83. The van der Waals surface area contributed by atoms with Crippen LogP contribution in [0.5, 0.6) is 0 Å². The summed E-state index contributed by atoms with van der Waals surface area (Å²) in [5.74, 6) is -0.777. The molecule has 2 aromatic carbocycles. The summed E-state index contributed by atoms with van der Waals surface area (Å²) in [6, 6.07) is 13.6. The van der Waals surface area contributed by atoms with Crippen LogP contribution in [-0.2, 0) is 14.3 Å². The standard InChI is InChI=1S/C23H22N4O4/c1-13-8-10-15(11-9-13)20-14(2)21-25-19(28)12-18(27(21)26-20)22(29)24-17-7-5-4-6-16(17)23(30)31-3/h4-11,18H,12H2,1-3H3,(H,24,29)(H,25,28)/t18-/m0/s1. The number of aryl methyl sites for hydroxylation is 1. The smallest absolute Gasteiger partial charge is 0.339 e. The number of fused-ring (bicyclic) bond motifs is 1. The fourth-order valence-electron chi connectivity index (χ4n) is 3.62. The molecular formula is C23H22N4O4. The molecule has 8 heteroatoms. The molecule has 2 amide bonds. The van der Waals surface area contributed by atoms with Crippen molar-refractivity contribution in [3.63, 3.8) is 0 Å². The van der Waals surface area contributed by atoms with Crippen LogP contribution in [0.1, 0.15) is 33.9 Å². The van der Waals surface area contributed by atoms with Gasteiger partial charge in [0.05, 0.1) is 30.5 Å². The molecular weight excluding hydrogens is 396 g/mol. The lowest BCUT2D eigenvalue weighted by Gasteiger charge is -2.24. The summed E-state index contributed by atoms with van der Waals surface area (Å²) in [5.41, 5.74) is 4.05. The molecule has 0 radical (unpaired) electrons. The van der Waals surface area contributed by atoms with Gasteiger partial charge < -0.3 is 15.4 Å². The molecule has 2 heterocycles. The summed E-state index contributed by atoms with van der Waals surface area (Å²) < 4.78 is 6.33. The molecule has 2 N–H and O–H groups in total. The first-order valence-corrected chi connectivity index (χ1v) is 9.83. The Morgan fingerprint density at radius 2 is 1.84 bits per heavy atom. The van der Waals surface area contributed by atoms with E-state index in [0.29, 0.717) is 17.2 Å². The number of para-hydroxylation sites is 1. The van der Waals surface area contributed by atoms with E-state index < -0.39 is 17.9 Å². The van der Waals surface area contributed by atoms with Crippen molar-refractivity contribution in [1.82, 2.24) is 9.78 Å². The van der Waals surface area contributed by atoms with E-state index in [1.807, 2.05) is 38.1 Å². The van der Waals surface area contributed by atoms with Gasteiger partial charge in [0, 0.05) is 11.1 Å². The van der Waals surface area contributed by atoms with E-state index in [1.165, 1.54) is 7.11 Å². The summed E-state index contributed by atoms with van der Waals surface area (Å²) in [4.78, 5) is 37.5. The Bertz CT molecular complexity index is 1180. The highest BCUT2D eigenvalue weighted by molar-refractivity contribution is 6.05. The fraction of sp³-hybridized carbons (Fsp3) is 0.217. The number of anilines is 2. The van der Waals surface area contributed by atoms with Crippen molar-refractivity contribution >= 4 is 29.3 Å². The maximum Gasteiger partial charge on any atom is 0.339 e. The van der Waals surface area contributed by atoms with Gasteiger partial charge in [-0.3, -0.25) is 9.59 Å². The number of ether oxygens (including phenoxy) is 1. The Morgan fingerprint density at radius 1 is 1.13 bits per heavy atom. The Hall–Kier alpha value is -3.94. The lowest BCUT2D eigenvalue weighted by molar-refractivity contribution is -0.125. The second kappa shape index (κ2) is 8.06. The number of methoxy groups -OCH3 is 1. The van der Waals surface area contributed by atoms with Crippen LogP contribution in [0.2, 0.25) is 0 Å². The molecule has 1 atom stereocenters. The van der Waals surface area contributed by atoms with E-state index in [9.17, 15) is 14.4 Å². The van der Waals surface area contributed by atoms with Crippen molar-refractivity contribution in [2.75, 3.05) is 17.7 Å². The van der Waals surface area contributed by atoms with Crippen LogP contribution in [0.3, 0.4) is 0 Å². The van der Waals surface area contributed by atoms with Crippen LogP contribution in [0, 0.1) is 13.8 Å². The Kier molecular flexibility index (Phi) is 5.29. The van der Waals surface area contributed by atoms with E-state index in [0.717, 1.165) is 16.7 Å². The average Bonchev–Trinajstić information content (AvgIpc) is 3.10. The second-order valence-corrected chi connectivity index (χ2v) is 7.43. The first kappa shape index (κ1) is 20.3. The minimum atomic E-state index is -0.854. The summed E-state index contributed by atoms with van der Waals surface area (Å²) in [6.07, 6.45) is -0.0618. The van der Waals surface area contributed by atoms with Gasteiger partial charge >= 0.3 is 5.97 Å². The molecule has 1 aliphatic rings. The van der Waals surface area contributed by atoms with Gasteiger partial charge in [-0.05, 0) is 26.0 Å². The zero-order valence-corrected chi connectivity index (χ0v) is 17.4. The van der Waals surface area contributed by atoms with Gasteiger partial charge in [-0.1, -0.05) is 42.0 Å². The monoisotopic (exact) mass is 418 g/mol. The predicted molar refractivity (Wildman–Crippen MR) is 116 cm³/mol. The van der Waals surface area contributed by atoms with Crippen molar-refractivity contribution in [3.8, 4) is 11.3 Å². The minimum absolute atomic E-state index is 0.0618. The van der Waals surface area contributed by atoms with Gasteiger partial charge in [0.25, 0.3) is 0 Å². The third kappa shape index (κ3) is 3.79. The molecule has 1 aromatic heterocycles. The molecule has 0 unspecified atom stereocenters. The molecule has 4 rings (SSSR count). The van der Waals surface area contributed by atoms with Crippen molar-refractivity contribution < 1.29 is 19.1 Å². The zero-order chi connectivity index (χ0) is 22.1. The highest BCUT2D eigenvalue weighted by Gasteiger charge is 2.34. The largest absolute Gasteiger partial charge is 0.465 e.